The Morgan fingerprint density at radius 2 is 1.87 bits per heavy atom. The van der Waals surface area contributed by atoms with Gasteiger partial charge in [0.2, 0.25) is 5.91 Å². The highest BCUT2D eigenvalue weighted by molar-refractivity contribution is 5.80. The quantitative estimate of drug-likeness (QED) is 0.761. The maximum Gasteiger partial charge on any atom is 0.242 e. The third-order valence-electron chi connectivity index (χ3n) is 3.83. The van der Waals surface area contributed by atoms with Gasteiger partial charge in [-0.05, 0) is 24.1 Å². The lowest BCUT2D eigenvalue weighted by Gasteiger charge is -2.18. The number of benzene rings is 2. The number of nitrogens with zero attached hydrogens (tertiary/aromatic N) is 3. The predicted molar refractivity (Wildman–Crippen MR) is 89.8 cm³/mol. The van der Waals surface area contributed by atoms with Crippen LogP contribution in [0.15, 0.2) is 54.6 Å². The molecule has 1 atom stereocenters. The van der Waals surface area contributed by atoms with Crippen molar-refractivity contribution in [3.63, 3.8) is 0 Å². The first kappa shape index (κ1) is 15.2. The van der Waals surface area contributed by atoms with Gasteiger partial charge in [-0.15, -0.1) is 5.10 Å². The summed E-state index contributed by atoms with van der Waals surface area (Å²) in [7, 11) is 0. The van der Waals surface area contributed by atoms with Crippen molar-refractivity contribution in [2.24, 2.45) is 0 Å². The van der Waals surface area contributed by atoms with Gasteiger partial charge in [-0.3, -0.25) is 4.79 Å². The van der Waals surface area contributed by atoms with E-state index in [4.69, 9.17) is 0 Å². The average molecular weight is 308 g/mol. The van der Waals surface area contributed by atoms with Gasteiger partial charge < -0.3 is 5.32 Å². The van der Waals surface area contributed by atoms with Crippen LogP contribution in [0.1, 0.15) is 31.4 Å². The van der Waals surface area contributed by atoms with E-state index in [1.54, 1.807) is 4.68 Å². The summed E-state index contributed by atoms with van der Waals surface area (Å²) in [5.74, 6) is -0.0528. The van der Waals surface area contributed by atoms with E-state index >= 15 is 0 Å². The number of fused-ring (bicyclic) bond motifs is 1. The molecule has 0 bridgehead atoms. The maximum atomic E-state index is 12.4. The van der Waals surface area contributed by atoms with Gasteiger partial charge in [-0.25, -0.2) is 4.68 Å². The molecule has 0 radical (unpaired) electrons. The van der Waals surface area contributed by atoms with Crippen LogP contribution in [0.25, 0.3) is 11.0 Å². The Labute approximate surface area is 135 Å². The van der Waals surface area contributed by atoms with Crippen molar-refractivity contribution in [2.45, 2.75) is 32.4 Å². The van der Waals surface area contributed by atoms with E-state index < -0.39 is 0 Å². The van der Waals surface area contributed by atoms with Crippen LogP contribution < -0.4 is 5.32 Å². The van der Waals surface area contributed by atoms with E-state index in [2.05, 4.69) is 22.6 Å². The Bertz CT molecular complexity index is 782. The molecule has 1 heterocycles. The molecule has 1 N–H and O–H groups in total. The van der Waals surface area contributed by atoms with Gasteiger partial charge in [-0.2, -0.15) is 0 Å². The van der Waals surface area contributed by atoms with E-state index in [0.717, 1.165) is 29.4 Å². The number of carbonyl (C=O) groups excluding carboxylic acids is 1. The average Bonchev–Trinajstić information content (AvgIpc) is 2.98. The standard InChI is InChI=1S/C18H20N4O/c1-2-8-15(14-9-4-3-5-10-14)19-18(23)13-22-17-12-7-6-11-16(17)20-21-22/h3-7,9-12,15H,2,8,13H2,1H3,(H,19,23). The highest BCUT2D eigenvalue weighted by atomic mass is 16.2. The third kappa shape index (κ3) is 3.56. The fourth-order valence-electron chi connectivity index (χ4n) is 2.71. The van der Waals surface area contributed by atoms with Gasteiger partial charge in [-0.1, -0.05) is 61.0 Å². The number of hydrogen-bond acceptors (Lipinski definition) is 3. The molecule has 0 saturated heterocycles. The summed E-state index contributed by atoms with van der Waals surface area (Å²) in [6.07, 6.45) is 1.92. The molecule has 0 spiro atoms. The van der Waals surface area contributed by atoms with E-state index in [1.165, 1.54) is 0 Å². The Morgan fingerprint density at radius 1 is 1.13 bits per heavy atom. The highest BCUT2D eigenvalue weighted by Gasteiger charge is 2.15. The molecule has 1 aromatic heterocycles. The Morgan fingerprint density at radius 3 is 2.65 bits per heavy atom. The number of carbonyl (C=O) groups is 1. The summed E-state index contributed by atoms with van der Waals surface area (Å²) >= 11 is 0. The Kier molecular flexibility index (Phi) is 4.66. The molecule has 5 nitrogen and oxygen atoms in total. The van der Waals surface area contributed by atoms with E-state index in [9.17, 15) is 4.79 Å². The molecule has 118 valence electrons. The van der Waals surface area contributed by atoms with Crippen LogP contribution in [-0.4, -0.2) is 20.9 Å². The van der Waals surface area contributed by atoms with Crippen molar-refractivity contribution in [3.05, 3.63) is 60.2 Å². The number of rotatable bonds is 6. The van der Waals surface area contributed by atoms with Crippen LogP contribution in [0, 0.1) is 0 Å². The zero-order valence-corrected chi connectivity index (χ0v) is 13.1. The Hall–Kier alpha value is -2.69. The van der Waals surface area contributed by atoms with Gasteiger partial charge in [0.05, 0.1) is 11.6 Å². The minimum Gasteiger partial charge on any atom is -0.348 e. The molecule has 1 amide bonds. The maximum absolute atomic E-state index is 12.4. The normalized spacial score (nSPS) is 12.2. The minimum absolute atomic E-state index is 0.0310. The molecular formula is C18H20N4O. The van der Waals surface area contributed by atoms with Crippen molar-refractivity contribution in [1.82, 2.24) is 20.3 Å². The Balaban J connectivity index is 1.72. The van der Waals surface area contributed by atoms with Gasteiger partial charge in [0.15, 0.2) is 0 Å². The van der Waals surface area contributed by atoms with Crippen molar-refractivity contribution in [3.8, 4) is 0 Å². The second kappa shape index (κ2) is 7.05. The zero-order chi connectivity index (χ0) is 16.1. The lowest BCUT2D eigenvalue weighted by Crippen LogP contribution is -2.31. The summed E-state index contributed by atoms with van der Waals surface area (Å²) < 4.78 is 1.64. The third-order valence-corrected chi connectivity index (χ3v) is 3.83. The molecule has 5 heteroatoms. The van der Waals surface area contributed by atoms with Crippen LogP contribution in [0.3, 0.4) is 0 Å². The van der Waals surface area contributed by atoms with Gasteiger partial charge in [0, 0.05) is 0 Å². The number of aromatic nitrogens is 3. The van der Waals surface area contributed by atoms with Crippen LogP contribution >= 0.6 is 0 Å². The van der Waals surface area contributed by atoms with Crippen molar-refractivity contribution >= 4 is 16.9 Å². The number of amides is 1. The van der Waals surface area contributed by atoms with E-state index in [-0.39, 0.29) is 18.5 Å². The first-order valence-corrected chi connectivity index (χ1v) is 7.90. The van der Waals surface area contributed by atoms with Crippen molar-refractivity contribution in [2.75, 3.05) is 0 Å². The largest absolute Gasteiger partial charge is 0.348 e. The topological polar surface area (TPSA) is 59.8 Å². The first-order valence-electron chi connectivity index (χ1n) is 7.90. The van der Waals surface area contributed by atoms with Crippen molar-refractivity contribution in [1.29, 1.82) is 0 Å². The molecule has 2 aromatic carbocycles. The molecule has 0 aliphatic carbocycles. The summed E-state index contributed by atoms with van der Waals surface area (Å²) in [6, 6.07) is 17.7. The molecule has 0 saturated carbocycles. The highest BCUT2D eigenvalue weighted by Crippen LogP contribution is 2.18. The molecular weight excluding hydrogens is 288 g/mol. The fraction of sp³-hybridized carbons (Fsp3) is 0.278. The molecule has 3 aromatic rings. The molecule has 0 aliphatic rings. The molecule has 0 fully saturated rings. The second-order valence-corrected chi connectivity index (χ2v) is 5.56. The molecule has 1 unspecified atom stereocenters. The number of nitrogens with one attached hydrogen (secondary N) is 1. The SMILES string of the molecule is CCCC(NC(=O)Cn1nnc2ccccc21)c1ccccc1. The van der Waals surface area contributed by atoms with Crippen molar-refractivity contribution < 1.29 is 4.79 Å². The number of hydrogen-bond donors (Lipinski definition) is 1. The minimum atomic E-state index is -0.0528. The second-order valence-electron chi connectivity index (χ2n) is 5.56. The monoisotopic (exact) mass is 308 g/mol. The summed E-state index contributed by atoms with van der Waals surface area (Å²) in [5, 5.41) is 11.3. The summed E-state index contributed by atoms with van der Waals surface area (Å²) in [4.78, 5) is 12.4. The smallest absolute Gasteiger partial charge is 0.242 e. The molecule has 3 rings (SSSR count). The lowest BCUT2D eigenvalue weighted by molar-refractivity contribution is -0.122. The van der Waals surface area contributed by atoms with Crippen LogP contribution in [0.5, 0.6) is 0 Å². The molecule has 23 heavy (non-hydrogen) atoms. The predicted octanol–water partition coefficient (Wildman–Crippen LogP) is 3.09. The van der Waals surface area contributed by atoms with Crippen LogP contribution in [0.2, 0.25) is 0 Å². The zero-order valence-electron chi connectivity index (χ0n) is 13.1. The summed E-state index contributed by atoms with van der Waals surface area (Å²) in [5.41, 5.74) is 2.80. The van der Waals surface area contributed by atoms with E-state index in [0.29, 0.717) is 0 Å². The van der Waals surface area contributed by atoms with Crippen LogP contribution in [0.4, 0.5) is 0 Å². The summed E-state index contributed by atoms with van der Waals surface area (Å²) in [6.45, 7) is 2.29. The van der Waals surface area contributed by atoms with E-state index in [1.807, 2.05) is 54.6 Å². The van der Waals surface area contributed by atoms with Gasteiger partial charge in [0.25, 0.3) is 0 Å². The fourth-order valence-corrected chi connectivity index (χ4v) is 2.71. The lowest BCUT2D eigenvalue weighted by atomic mass is 10.0. The number of para-hydroxylation sites is 1. The van der Waals surface area contributed by atoms with Gasteiger partial charge >= 0.3 is 0 Å². The van der Waals surface area contributed by atoms with Gasteiger partial charge in [0.1, 0.15) is 12.1 Å². The molecule has 0 aliphatic heterocycles. The van der Waals surface area contributed by atoms with Crippen LogP contribution in [-0.2, 0) is 11.3 Å². The first-order chi connectivity index (χ1) is 11.3.